The molecule has 0 amide bonds. The third-order valence-electron chi connectivity index (χ3n) is 4.79. The summed E-state index contributed by atoms with van der Waals surface area (Å²) < 4.78 is 1.97. The number of pyridine rings is 1. The number of nitrogens with zero attached hydrogens (tertiary/aromatic N) is 3. The first-order chi connectivity index (χ1) is 11.0. The van der Waals surface area contributed by atoms with Crippen molar-refractivity contribution in [1.29, 1.82) is 0 Å². The van der Waals surface area contributed by atoms with Gasteiger partial charge in [0, 0.05) is 23.7 Å². The first-order valence-corrected chi connectivity index (χ1v) is 7.98. The highest BCUT2D eigenvalue weighted by Crippen LogP contribution is 2.39. The van der Waals surface area contributed by atoms with Gasteiger partial charge in [-0.05, 0) is 38.3 Å². The van der Waals surface area contributed by atoms with E-state index in [2.05, 4.69) is 20.0 Å². The number of aryl methyl sites for hydroxylation is 2. The lowest BCUT2D eigenvalue weighted by Gasteiger charge is -2.23. The molecule has 4 N–H and O–H groups in total. The van der Waals surface area contributed by atoms with E-state index in [1.807, 2.05) is 28.9 Å². The van der Waals surface area contributed by atoms with Crippen molar-refractivity contribution in [3.05, 3.63) is 41.7 Å². The van der Waals surface area contributed by atoms with Gasteiger partial charge in [0.2, 0.25) is 0 Å². The second-order valence-corrected chi connectivity index (χ2v) is 6.83. The maximum absolute atomic E-state index is 6.49. The summed E-state index contributed by atoms with van der Waals surface area (Å²) in [6, 6.07) is 8.02. The number of nitrogen functional groups attached to an aromatic ring is 1. The van der Waals surface area contributed by atoms with Gasteiger partial charge >= 0.3 is 0 Å². The van der Waals surface area contributed by atoms with Crippen LogP contribution in [-0.4, -0.2) is 21.3 Å². The molecule has 23 heavy (non-hydrogen) atoms. The van der Waals surface area contributed by atoms with Gasteiger partial charge in [-0.15, -0.1) is 0 Å². The second kappa shape index (κ2) is 4.80. The molecule has 0 spiro atoms. The number of aromatic nitrogens is 3. The fraction of sp³-hybridized carbons (Fsp3) is 0.333. The molecule has 118 valence electrons. The van der Waals surface area contributed by atoms with Crippen molar-refractivity contribution >= 4 is 16.6 Å². The van der Waals surface area contributed by atoms with Crippen molar-refractivity contribution in [3.63, 3.8) is 0 Å². The Morgan fingerprint density at radius 3 is 2.78 bits per heavy atom. The zero-order valence-electron chi connectivity index (χ0n) is 13.5. The molecule has 0 unspecified atom stereocenters. The van der Waals surface area contributed by atoms with E-state index in [1.165, 1.54) is 5.56 Å². The molecule has 1 aliphatic carbocycles. The Morgan fingerprint density at radius 2 is 2.00 bits per heavy atom. The largest absolute Gasteiger partial charge is 0.398 e. The molecule has 2 aromatic heterocycles. The molecule has 0 atom stereocenters. The highest BCUT2D eigenvalue weighted by Gasteiger charge is 2.28. The van der Waals surface area contributed by atoms with Crippen LogP contribution in [0.5, 0.6) is 0 Å². The lowest BCUT2D eigenvalue weighted by atomic mass is 9.91. The first-order valence-electron chi connectivity index (χ1n) is 7.98. The van der Waals surface area contributed by atoms with Crippen molar-refractivity contribution in [2.75, 3.05) is 12.3 Å². The highest BCUT2D eigenvalue weighted by atomic mass is 15.3. The van der Waals surface area contributed by atoms with Crippen LogP contribution < -0.4 is 11.5 Å². The minimum absolute atomic E-state index is 0.212. The molecule has 1 aliphatic rings. The van der Waals surface area contributed by atoms with Crippen LogP contribution in [0.2, 0.25) is 0 Å². The van der Waals surface area contributed by atoms with E-state index in [9.17, 15) is 0 Å². The fourth-order valence-electron chi connectivity index (χ4n) is 3.20. The molecule has 0 saturated heterocycles. The molecular formula is C18H21N5. The fourth-order valence-corrected chi connectivity index (χ4v) is 3.20. The van der Waals surface area contributed by atoms with Crippen molar-refractivity contribution < 1.29 is 0 Å². The van der Waals surface area contributed by atoms with Gasteiger partial charge in [0.1, 0.15) is 0 Å². The van der Waals surface area contributed by atoms with E-state index >= 15 is 0 Å². The molecule has 0 bridgehead atoms. The smallest absolute Gasteiger partial charge is 0.0994 e. The maximum atomic E-state index is 6.49. The van der Waals surface area contributed by atoms with Gasteiger partial charge in [0.05, 0.1) is 28.1 Å². The summed E-state index contributed by atoms with van der Waals surface area (Å²) in [4.78, 5) is 4.81. The average Bonchev–Trinajstić information content (AvgIpc) is 3.00. The number of nitrogens with two attached hydrogens (primary N) is 2. The van der Waals surface area contributed by atoms with Crippen LogP contribution in [0.25, 0.3) is 22.2 Å². The average molecular weight is 307 g/mol. The first kappa shape index (κ1) is 14.2. The number of hydrogen-bond donors (Lipinski definition) is 2. The van der Waals surface area contributed by atoms with Gasteiger partial charge in [0.25, 0.3) is 0 Å². The topological polar surface area (TPSA) is 82.8 Å². The van der Waals surface area contributed by atoms with Crippen LogP contribution in [0, 0.1) is 0 Å². The SMILES string of the molecule is CC(C)(CN)n1cc2c(n1)-c1c(nc3ccccc3c1N)CC2. The van der Waals surface area contributed by atoms with Gasteiger partial charge in [-0.1, -0.05) is 18.2 Å². The standard InChI is InChI=1S/C18H21N5/c1-18(2,10-19)23-9-11-7-8-14-15(17(11)22-23)16(20)12-5-3-4-6-13(12)21-14/h3-6,9H,7-8,10,19H2,1-2H3,(H2,20,21). The van der Waals surface area contributed by atoms with Gasteiger partial charge in [0.15, 0.2) is 0 Å². The molecule has 0 aliphatic heterocycles. The molecule has 2 heterocycles. The summed E-state index contributed by atoms with van der Waals surface area (Å²) in [6.45, 7) is 4.72. The minimum Gasteiger partial charge on any atom is -0.398 e. The highest BCUT2D eigenvalue weighted by molar-refractivity contribution is 5.99. The monoisotopic (exact) mass is 307 g/mol. The molecule has 0 saturated carbocycles. The van der Waals surface area contributed by atoms with Crippen molar-refractivity contribution in [1.82, 2.24) is 14.8 Å². The van der Waals surface area contributed by atoms with Crippen LogP contribution in [0.3, 0.4) is 0 Å². The summed E-state index contributed by atoms with van der Waals surface area (Å²) in [5.74, 6) is 0. The molecule has 5 heteroatoms. The molecule has 1 aromatic carbocycles. The van der Waals surface area contributed by atoms with Crippen LogP contribution in [-0.2, 0) is 18.4 Å². The van der Waals surface area contributed by atoms with Crippen LogP contribution >= 0.6 is 0 Å². The number of fused-ring (bicyclic) bond motifs is 4. The zero-order chi connectivity index (χ0) is 16.2. The Kier molecular flexibility index (Phi) is 2.96. The third-order valence-corrected chi connectivity index (χ3v) is 4.79. The van der Waals surface area contributed by atoms with E-state index in [1.54, 1.807) is 0 Å². The van der Waals surface area contributed by atoms with Crippen molar-refractivity contribution in [2.45, 2.75) is 32.2 Å². The summed E-state index contributed by atoms with van der Waals surface area (Å²) in [5.41, 5.74) is 18.1. The van der Waals surface area contributed by atoms with Crippen LogP contribution in [0.15, 0.2) is 30.5 Å². The number of rotatable bonds is 2. The third kappa shape index (κ3) is 2.04. The molecule has 0 fully saturated rings. The van der Waals surface area contributed by atoms with Crippen molar-refractivity contribution in [3.8, 4) is 11.3 Å². The zero-order valence-corrected chi connectivity index (χ0v) is 13.5. The lowest BCUT2D eigenvalue weighted by molar-refractivity contribution is 0.330. The van der Waals surface area contributed by atoms with Gasteiger partial charge in [-0.3, -0.25) is 9.67 Å². The molecule has 5 nitrogen and oxygen atoms in total. The predicted molar refractivity (Wildman–Crippen MR) is 93.2 cm³/mol. The Hall–Kier alpha value is -2.40. The van der Waals surface area contributed by atoms with Gasteiger partial charge in [-0.2, -0.15) is 5.10 Å². The van der Waals surface area contributed by atoms with Crippen LogP contribution in [0.4, 0.5) is 5.69 Å². The minimum atomic E-state index is -0.212. The maximum Gasteiger partial charge on any atom is 0.0994 e. The normalized spacial score (nSPS) is 13.9. The van der Waals surface area contributed by atoms with E-state index < -0.39 is 0 Å². The molecule has 0 radical (unpaired) electrons. The Balaban J connectivity index is 1.97. The Bertz CT molecular complexity index is 907. The molecule has 4 rings (SSSR count). The van der Waals surface area contributed by atoms with E-state index in [0.29, 0.717) is 6.54 Å². The summed E-state index contributed by atoms with van der Waals surface area (Å²) in [5, 5.41) is 5.81. The summed E-state index contributed by atoms with van der Waals surface area (Å²) >= 11 is 0. The van der Waals surface area contributed by atoms with E-state index in [-0.39, 0.29) is 5.54 Å². The summed E-state index contributed by atoms with van der Waals surface area (Å²) in [6.07, 6.45) is 3.94. The van der Waals surface area contributed by atoms with E-state index in [0.717, 1.165) is 46.4 Å². The number of para-hydroxylation sites is 1. The number of benzene rings is 1. The quantitative estimate of drug-likeness (QED) is 0.762. The lowest BCUT2D eigenvalue weighted by Crippen LogP contribution is -2.35. The molecular weight excluding hydrogens is 286 g/mol. The van der Waals surface area contributed by atoms with Gasteiger partial charge in [-0.25, -0.2) is 0 Å². The number of hydrogen-bond acceptors (Lipinski definition) is 4. The Morgan fingerprint density at radius 1 is 1.22 bits per heavy atom. The molecule has 3 aromatic rings. The van der Waals surface area contributed by atoms with Crippen LogP contribution in [0.1, 0.15) is 25.1 Å². The predicted octanol–water partition coefficient (Wildman–Crippen LogP) is 2.47. The van der Waals surface area contributed by atoms with Gasteiger partial charge < -0.3 is 11.5 Å². The van der Waals surface area contributed by atoms with E-state index in [4.69, 9.17) is 21.5 Å². The van der Waals surface area contributed by atoms with Crippen molar-refractivity contribution in [2.24, 2.45) is 5.73 Å². The summed E-state index contributed by atoms with van der Waals surface area (Å²) in [7, 11) is 0. The number of anilines is 1. The second-order valence-electron chi connectivity index (χ2n) is 6.83. The Labute approximate surface area is 135 Å².